The summed E-state index contributed by atoms with van der Waals surface area (Å²) in [5, 5.41) is 0. The Hall–Kier alpha value is -1.48. The average molecular weight is 372 g/mol. The van der Waals surface area contributed by atoms with Gasteiger partial charge < -0.3 is 15.2 Å². The number of fused-ring (bicyclic) bond motifs is 1. The number of rotatable bonds is 9. The summed E-state index contributed by atoms with van der Waals surface area (Å²) >= 11 is 0. The molecule has 0 saturated heterocycles. The molecule has 1 aromatic carbocycles. The largest absolute Gasteiger partial charge is 0.496 e. The third-order valence-corrected chi connectivity index (χ3v) is 7.11. The monoisotopic (exact) mass is 371 g/mol. The highest BCUT2D eigenvalue weighted by molar-refractivity contribution is 5.54. The SMILES string of the molecule is CCCCCCc1cc(OC)c(C2C=C(CN)C3CC2C3(C)C)c(OC)c1. The van der Waals surface area contributed by atoms with E-state index in [9.17, 15) is 0 Å². The smallest absolute Gasteiger partial charge is 0.126 e. The van der Waals surface area contributed by atoms with Gasteiger partial charge in [-0.05, 0) is 54.2 Å². The van der Waals surface area contributed by atoms with Gasteiger partial charge in [0.05, 0.1) is 14.2 Å². The standard InChI is InChI=1S/C24H37NO2/c1-6-7-8-9-10-16-11-21(26-4)23(22(12-16)27-5)18-13-17(15-25)19-14-20(18)24(19,2)3/h11-13,18-20H,6-10,14-15,25H2,1-5H3. The summed E-state index contributed by atoms with van der Waals surface area (Å²) in [6, 6.07) is 4.47. The Kier molecular flexibility index (Phi) is 6.20. The molecule has 0 aliphatic heterocycles. The molecule has 0 spiro atoms. The second-order valence-corrected chi connectivity index (χ2v) is 8.91. The lowest BCUT2D eigenvalue weighted by Gasteiger charge is -2.59. The number of nitrogens with two attached hydrogens (primary N) is 1. The fourth-order valence-electron chi connectivity index (χ4n) is 5.38. The quantitative estimate of drug-likeness (QED) is 0.462. The maximum Gasteiger partial charge on any atom is 0.126 e. The van der Waals surface area contributed by atoms with Crippen molar-refractivity contribution < 1.29 is 9.47 Å². The van der Waals surface area contributed by atoms with Gasteiger partial charge in [0.1, 0.15) is 11.5 Å². The van der Waals surface area contributed by atoms with Gasteiger partial charge in [0, 0.05) is 18.0 Å². The lowest BCUT2D eigenvalue weighted by atomic mass is 9.45. The molecule has 1 fully saturated rings. The van der Waals surface area contributed by atoms with Crippen LogP contribution < -0.4 is 15.2 Å². The zero-order valence-corrected chi connectivity index (χ0v) is 17.8. The lowest BCUT2D eigenvalue weighted by Crippen LogP contribution is -2.52. The minimum absolute atomic E-state index is 0.295. The first-order valence-corrected chi connectivity index (χ1v) is 10.6. The molecule has 2 N–H and O–H groups in total. The number of unbranched alkanes of at least 4 members (excludes halogenated alkanes) is 3. The minimum Gasteiger partial charge on any atom is -0.496 e. The Morgan fingerprint density at radius 3 is 2.26 bits per heavy atom. The Morgan fingerprint density at radius 2 is 1.74 bits per heavy atom. The summed E-state index contributed by atoms with van der Waals surface area (Å²) in [6.07, 6.45) is 9.79. The van der Waals surface area contributed by atoms with E-state index >= 15 is 0 Å². The van der Waals surface area contributed by atoms with Crippen molar-refractivity contribution in [3.05, 3.63) is 34.9 Å². The maximum absolute atomic E-state index is 6.09. The summed E-state index contributed by atoms with van der Waals surface area (Å²) in [4.78, 5) is 0. The molecule has 1 aromatic rings. The molecule has 0 radical (unpaired) electrons. The van der Waals surface area contributed by atoms with Crippen molar-refractivity contribution in [2.45, 2.75) is 65.2 Å². The Bertz CT molecular complexity index is 667. The summed E-state index contributed by atoms with van der Waals surface area (Å²) in [5.41, 5.74) is 10.3. The fourth-order valence-corrected chi connectivity index (χ4v) is 5.38. The van der Waals surface area contributed by atoms with E-state index in [-0.39, 0.29) is 0 Å². The number of aryl methyl sites for hydroxylation is 1. The van der Waals surface area contributed by atoms with Crippen molar-refractivity contribution in [2.75, 3.05) is 20.8 Å². The Labute approximate surface area is 165 Å². The first kappa shape index (κ1) is 20.3. The van der Waals surface area contributed by atoms with Crippen LogP contribution in [0.4, 0.5) is 0 Å². The molecule has 0 aromatic heterocycles. The van der Waals surface area contributed by atoms with Gasteiger partial charge in [-0.1, -0.05) is 51.7 Å². The van der Waals surface area contributed by atoms with Gasteiger partial charge in [0.2, 0.25) is 0 Å². The fraction of sp³-hybridized carbons (Fsp3) is 0.667. The van der Waals surface area contributed by atoms with Gasteiger partial charge in [-0.15, -0.1) is 0 Å². The van der Waals surface area contributed by atoms with Crippen molar-refractivity contribution in [2.24, 2.45) is 23.0 Å². The molecule has 3 heteroatoms. The van der Waals surface area contributed by atoms with E-state index in [1.54, 1.807) is 14.2 Å². The van der Waals surface area contributed by atoms with Crippen LogP contribution in [0.15, 0.2) is 23.8 Å². The van der Waals surface area contributed by atoms with E-state index in [0.717, 1.165) is 17.9 Å². The minimum atomic E-state index is 0.295. The van der Waals surface area contributed by atoms with Crippen LogP contribution in [0, 0.1) is 17.3 Å². The van der Waals surface area contributed by atoms with Crippen molar-refractivity contribution in [1.82, 2.24) is 0 Å². The summed E-state index contributed by atoms with van der Waals surface area (Å²) in [6.45, 7) is 7.68. The van der Waals surface area contributed by atoms with Crippen LogP contribution in [0.25, 0.3) is 0 Å². The van der Waals surface area contributed by atoms with E-state index in [1.165, 1.54) is 48.8 Å². The molecule has 150 valence electrons. The summed E-state index contributed by atoms with van der Waals surface area (Å²) in [5.74, 6) is 3.52. The topological polar surface area (TPSA) is 44.5 Å². The molecule has 0 amide bonds. The molecule has 1 saturated carbocycles. The van der Waals surface area contributed by atoms with E-state index in [0.29, 0.717) is 29.7 Å². The third-order valence-electron chi connectivity index (χ3n) is 7.11. The molecule has 3 nitrogen and oxygen atoms in total. The summed E-state index contributed by atoms with van der Waals surface area (Å²) < 4.78 is 11.7. The molecular formula is C24H37NO2. The van der Waals surface area contributed by atoms with Gasteiger partial charge in [-0.2, -0.15) is 0 Å². The predicted octanol–water partition coefficient (Wildman–Crippen LogP) is 5.47. The normalized spacial score (nSPS) is 25.6. The number of hydrogen-bond donors (Lipinski definition) is 1. The van der Waals surface area contributed by atoms with Crippen LogP contribution in [-0.2, 0) is 6.42 Å². The number of benzene rings is 1. The van der Waals surface area contributed by atoms with Crippen LogP contribution in [-0.4, -0.2) is 20.8 Å². The van der Waals surface area contributed by atoms with Crippen LogP contribution in [0.5, 0.6) is 11.5 Å². The van der Waals surface area contributed by atoms with Crippen molar-refractivity contribution in [3.63, 3.8) is 0 Å². The van der Waals surface area contributed by atoms with Crippen LogP contribution in [0.1, 0.15) is 69.9 Å². The maximum atomic E-state index is 6.09. The predicted molar refractivity (Wildman–Crippen MR) is 113 cm³/mol. The van der Waals surface area contributed by atoms with E-state index < -0.39 is 0 Å². The molecule has 4 rings (SSSR count). The van der Waals surface area contributed by atoms with Crippen molar-refractivity contribution in [3.8, 4) is 11.5 Å². The second-order valence-electron chi connectivity index (χ2n) is 8.91. The highest BCUT2D eigenvalue weighted by atomic mass is 16.5. The highest BCUT2D eigenvalue weighted by Gasteiger charge is 2.55. The zero-order valence-electron chi connectivity index (χ0n) is 17.8. The molecular weight excluding hydrogens is 334 g/mol. The molecule has 0 heterocycles. The van der Waals surface area contributed by atoms with E-state index in [1.807, 2.05) is 0 Å². The molecule has 27 heavy (non-hydrogen) atoms. The van der Waals surface area contributed by atoms with Crippen LogP contribution in [0.2, 0.25) is 0 Å². The van der Waals surface area contributed by atoms with Gasteiger partial charge >= 0.3 is 0 Å². The second kappa shape index (κ2) is 8.26. The van der Waals surface area contributed by atoms with Crippen molar-refractivity contribution >= 4 is 0 Å². The summed E-state index contributed by atoms with van der Waals surface area (Å²) in [7, 11) is 3.56. The van der Waals surface area contributed by atoms with E-state index in [4.69, 9.17) is 15.2 Å². The molecule has 3 aliphatic carbocycles. The van der Waals surface area contributed by atoms with Gasteiger partial charge in [-0.25, -0.2) is 0 Å². The zero-order chi connectivity index (χ0) is 19.6. The molecule has 3 unspecified atom stereocenters. The van der Waals surface area contributed by atoms with Gasteiger partial charge in [0.25, 0.3) is 0 Å². The number of ether oxygens (including phenoxy) is 2. The number of allylic oxidation sites excluding steroid dienone is 1. The Balaban J connectivity index is 1.95. The third kappa shape index (κ3) is 3.63. The lowest BCUT2D eigenvalue weighted by molar-refractivity contribution is -0.0206. The Morgan fingerprint density at radius 1 is 1.07 bits per heavy atom. The average Bonchev–Trinajstić information content (AvgIpc) is 2.69. The molecule has 3 aliphatic rings. The van der Waals surface area contributed by atoms with Gasteiger partial charge in [-0.3, -0.25) is 0 Å². The number of methoxy groups -OCH3 is 2. The first-order valence-electron chi connectivity index (χ1n) is 10.6. The van der Waals surface area contributed by atoms with E-state index in [2.05, 4.69) is 39.0 Å². The number of hydrogen-bond acceptors (Lipinski definition) is 3. The first-order chi connectivity index (χ1) is 13.0. The van der Waals surface area contributed by atoms with Gasteiger partial charge in [0.15, 0.2) is 0 Å². The van der Waals surface area contributed by atoms with Crippen molar-refractivity contribution in [1.29, 1.82) is 0 Å². The highest BCUT2D eigenvalue weighted by Crippen LogP contribution is 2.64. The van der Waals surface area contributed by atoms with Crippen LogP contribution >= 0.6 is 0 Å². The molecule has 2 bridgehead atoms. The molecule has 3 atom stereocenters. The van der Waals surface area contributed by atoms with Crippen LogP contribution in [0.3, 0.4) is 0 Å².